The molecule has 74 valence electrons. The molecule has 0 rings (SSSR count). The van der Waals surface area contributed by atoms with Crippen molar-refractivity contribution in [2.45, 2.75) is 40.7 Å². The molecule has 0 spiro atoms. The van der Waals surface area contributed by atoms with Crippen LogP contribution in [0.15, 0.2) is 0 Å². The van der Waals surface area contributed by atoms with Crippen molar-refractivity contribution in [2.24, 2.45) is 11.1 Å². The van der Waals surface area contributed by atoms with E-state index in [1.807, 2.05) is 0 Å². The molecule has 12 heavy (non-hydrogen) atoms. The first-order valence-electron chi connectivity index (χ1n) is 4.93. The summed E-state index contributed by atoms with van der Waals surface area (Å²) in [6, 6.07) is 0.567. The third-order valence-corrected chi connectivity index (χ3v) is 3.02. The summed E-state index contributed by atoms with van der Waals surface area (Å²) in [5, 5.41) is 0. The van der Waals surface area contributed by atoms with Crippen molar-refractivity contribution >= 4 is 0 Å². The molecule has 0 fully saturated rings. The molecule has 0 aromatic heterocycles. The van der Waals surface area contributed by atoms with Crippen LogP contribution >= 0.6 is 0 Å². The summed E-state index contributed by atoms with van der Waals surface area (Å²) in [4.78, 5) is 2.45. The van der Waals surface area contributed by atoms with E-state index in [1.54, 1.807) is 0 Å². The highest BCUT2D eigenvalue weighted by atomic mass is 15.1. The average molecular weight is 172 g/mol. The number of nitrogens with two attached hydrogens (primary N) is 1. The molecule has 0 aliphatic heterocycles. The topological polar surface area (TPSA) is 29.3 Å². The average Bonchev–Trinajstić information content (AvgIpc) is 2.06. The van der Waals surface area contributed by atoms with Gasteiger partial charge in [-0.05, 0) is 32.0 Å². The quantitative estimate of drug-likeness (QED) is 0.684. The summed E-state index contributed by atoms with van der Waals surface area (Å²) in [6.45, 7) is 14.1. The highest BCUT2D eigenvalue weighted by Gasteiger charge is 2.27. The van der Waals surface area contributed by atoms with Crippen molar-refractivity contribution in [3.63, 3.8) is 0 Å². The molecule has 0 heterocycles. The lowest BCUT2D eigenvalue weighted by Crippen LogP contribution is -2.46. The smallest absolute Gasteiger partial charge is 0.0130 e. The fraction of sp³-hybridized carbons (Fsp3) is 1.00. The van der Waals surface area contributed by atoms with Gasteiger partial charge < -0.3 is 10.6 Å². The minimum atomic E-state index is 0.228. The fourth-order valence-electron chi connectivity index (χ4n) is 1.44. The minimum absolute atomic E-state index is 0.228. The Labute approximate surface area is 77.1 Å². The highest BCUT2D eigenvalue weighted by Crippen LogP contribution is 2.22. The van der Waals surface area contributed by atoms with E-state index in [0.717, 1.165) is 19.6 Å². The zero-order valence-electron chi connectivity index (χ0n) is 9.22. The molecule has 2 N–H and O–H groups in total. The Morgan fingerprint density at radius 2 is 1.67 bits per heavy atom. The van der Waals surface area contributed by atoms with Crippen molar-refractivity contribution in [3.05, 3.63) is 0 Å². The summed E-state index contributed by atoms with van der Waals surface area (Å²) >= 11 is 0. The second-order valence-corrected chi connectivity index (χ2v) is 4.09. The van der Waals surface area contributed by atoms with Crippen LogP contribution in [0.2, 0.25) is 0 Å². The summed E-state index contributed by atoms with van der Waals surface area (Å²) in [5.41, 5.74) is 5.96. The van der Waals surface area contributed by atoms with E-state index in [9.17, 15) is 0 Å². The second kappa shape index (κ2) is 4.83. The van der Waals surface area contributed by atoms with E-state index < -0.39 is 0 Å². The molecule has 0 aliphatic carbocycles. The maximum atomic E-state index is 5.73. The number of rotatable bonds is 5. The summed E-state index contributed by atoms with van der Waals surface area (Å²) < 4.78 is 0. The summed E-state index contributed by atoms with van der Waals surface area (Å²) in [7, 11) is 0. The van der Waals surface area contributed by atoms with Crippen molar-refractivity contribution in [1.29, 1.82) is 0 Å². The standard InChI is InChI=1S/C10H24N2/c1-6-12(7-2)9(3)10(4,5)8-11/h9H,6-8,11H2,1-5H3. The van der Waals surface area contributed by atoms with E-state index in [2.05, 4.69) is 39.5 Å². The Bertz CT molecular complexity index is 117. The van der Waals surface area contributed by atoms with Crippen LogP contribution < -0.4 is 5.73 Å². The van der Waals surface area contributed by atoms with Crippen molar-refractivity contribution in [3.8, 4) is 0 Å². The molecule has 0 bridgehead atoms. The first-order valence-corrected chi connectivity index (χ1v) is 4.93. The lowest BCUT2D eigenvalue weighted by molar-refractivity contribution is 0.117. The van der Waals surface area contributed by atoms with Crippen molar-refractivity contribution in [1.82, 2.24) is 4.90 Å². The monoisotopic (exact) mass is 172 g/mol. The Morgan fingerprint density at radius 1 is 1.25 bits per heavy atom. The van der Waals surface area contributed by atoms with Gasteiger partial charge in [-0.15, -0.1) is 0 Å². The molecule has 0 radical (unpaired) electrons. The molecule has 2 nitrogen and oxygen atoms in total. The van der Waals surface area contributed by atoms with Crippen LogP contribution in [0.5, 0.6) is 0 Å². The van der Waals surface area contributed by atoms with Crippen LogP contribution in [0.25, 0.3) is 0 Å². The Balaban J connectivity index is 4.23. The number of nitrogens with zero attached hydrogens (tertiary/aromatic N) is 1. The first-order chi connectivity index (χ1) is 5.49. The molecule has 0 amide bonds. The van der Waals surface area contributed by atoms with Gasteiger partial charge in [-0.2, -0.15) is 0 Å². The fourth-order valence-corrected chi connectivity index (χ4v) is 1.44. The summed E-state index contributed by atoms with van der Waals surface area (Å²) in [5.74, 6) is 0. The van der Waals surface area contributed by atoms with Gasteiger partial charge in [0.15, 0.2) is 0 Å². The van der Waals surface area contributed by atoms with E-state index in [1.165, 1.54) is 0 Å². The molecule has 2 heteroatoms. The Kier molecular flexibility index (Phi) is 4.80. The van der Waals surface area contributed by atoms with Crippen molar-refractivity contribution < 1.29 is 0 Å². The van der Waals surface area contributed by atoms with Gasteiger partial charge in [0, 0.05) is 6.04 Å². The van der Waals surface area contributed by atoms with Crippen LogP contribution in [0.3, 0.4) is 0 Å². The van der Waals surface area contributed by atoms with Gasteiger partial charge >= 0.3 is 0 Å². The lowest BCUT2D eigenvalue weighted by Gasteiger charge is -2.38. The molecular weight excluding hydrogens is 148 g/mol. The molecule has 0 aromatic carbocycles. The van der Waals surface area contributed by atoms with Gasteiger partial charge in [0.2, 0.25) is 0 Å². The normalized spacial score (nSPS) is 15.2. The third-order valence-electron chi connectivity index (χ3n) is 3.02. The van der Waals surface area contributed by atoms with Gasteiger partial charge in [0.05, 0.1) is 0 Å². The van der Waals surface area contributed by atoms with Gasteiger partial charge in [-0.3, -0.25) is 0 Å². The first kappa shape index (κ1) is 11.9. The minimum Gasteiger partial charge on any atom is -0.330 e. The van der Waals surface area contributed by atoms with Crippen LogP contribution in [0.1, 0.15) is 34.6 Å². The van der Waals surface area contributed by atoms with Crippen LogP contribution in [0.4, 0.5) is 0 Å². The Morgan fingerprint density at radius 3 is 1.92 bits per heavy atom. The molecule has 1 atom stereocenters. The molecule has 0 aliphatic rings. The van der Waals surface area contributed by atoms with E-state index in [0.29, 0.717) is 6.04 Å². The Hall–Kier alpha value is -0.0800. The SMILES string of the molecule is CCN(CC)C(C)C(C)(C)CN. The predicted octanol–water partition coefficient (Wildman–Crippen LogP) is 1.70. The lowest BCUT2D eigenvalue weighted by atomic mass is 9.84. The van der Waals surface area contributed by atoms with Gasteiger partial charge in [-0.1, -0.05) is 27.7 Å². The maximum Gasteiger partial charge on any atom is 0.0130 e. The van der Waals surface area contributed by atoms with Gasteiger partial charge in [0.25, 0.3) is 0 Å². The largest absolute Gasteiger partial charge is 0.330 e. The summed E-state index contributed by atoms with van der Waals surface area (Å²) in [6.07, 6.45) is 0. The molecule has 0 aromatic rings. The second-order valence-electron chi connectivity index (χ2n) is 4.09. The van der Waals surface area contributed by atoms with Gasteiger partial charge in [-0.25, -0.2) is 0 Å². The zero-order chi connectivity index (χ0) is 9.78. The number of hydrogen-bond acceptors (Lipinski definition) is 2. The molecule has 0 saturated heterocycles. The molecule has 0 saturated carbocycles. The highest BCUT2D eigenvalue weighted by molar-refractivity contribution is 4.82. The van der Waals surface area contributed by atoms with E-state index in [-0.39, 0.29) is 5.41 Å². The third kappa shape index (κ3) is 2.76. The van der Waals surface area contributed by atoms with E-state index >= 15 is 0 Å². The predicted molar refractivity (Wildman–Crippen MR) is 55.2 cm³/mol. The van der Waals surface area contributed by atoms with Crippen LogP contribution in [-0.4, -0.2) is 30.6 Å². The maximum absolute atomic E-state index is 5.73. The molecule has 1 unspecified atom stereocenters. The molecular formula is C10H24N2. The van der Waals surface area contributed by atoms with Crippen LogP contribution in [0, 0.1) is 5.41 Å². The zero-order valence-corrected chi connectivity index (χ0v) is 9.22. The van der Waals surface area contributed by atoms with Crippen molar-refractivity contribution in [2.75, 3.05) is 19.6 Å². The van der Waals surface area contributed by atoms with Gasteiger partial charge in [0.1, 0.15) is 0 Å². The van der Waals surface area contributed by atoms with Crippen LogP contribution in [-0.2, 0) is 0 Å². The number of hydrogen-bond donors (Lipinski definition) is 1. The van der Waals surface area contributed by atoms with E-state index in [4.69, 9.17) is 5.73 Å².